The maximum Gasteiger partial charge on any atom is 0.348 e. The van der Waals surface area contributed by atoms with Gasteiger partial charge in [0, 0.05) is 29.9 Å². The molecule has 0 atom stereocenters. The summed E-state index contributed by atoms with van der Waals surface area (Å²) in [7, 11) is 3.99. The van der Waals surface area contributed by atoms with Crippen molar-refractivity contribution >= 4 is 17.7 Å². The number of nitrogens with zero attached hydrogens (tertiary/aromatic N) is 3. The fraction of sp³-hybridized carbons (Fsp3) is 0.706. The molecule has 7 heteroatoms. The lowest BCUT2D eigenvalue weighted by atomic mass is 10.1. The first-order chi connectivity index (χ1) is 11.2. The van der Waals surface area contributed by atoms with Crippen LogP contribution in [-0.4, -0.2) is 52.3 Å². The maximum absolute atomic E-state index is 12.4. The second-order valence-electron chi connectivity index (χ2n) is 7.52. The molecular weight excluding hydrogens is 324 g/mol. The zero-order valence-corrected chi connectivity index (χ0v) is 16.1. The minimum Gasteiger partial charge on any atom is -0.351 e. The second kappa shape index (κ2) is 7.70. The highest BCUT2D eigenvalue weighted by Gasteiger charge is 2.23. The Morgan fingerprint density at radius 1 is 1.33 bits per heavy atom. The molecule has 0 aromatic carbocycles. The lowest BCUT2D eigenvalue weighted by Gasteiger charge is -2.20. The molecule has 1 aromatic heterocycles. The van der Waals surface area contributed by atoms with Gasteiger partial charge >= 0.3 is 5.69 Å². The molecule has 0 spiro atoms. The van der Waals surface area contributed by atoms with Crippen molar-refractivity contribution in [2.24, 2.45) is 0 Å². The molecule has 24 heavy (non-hydrogen) atoms. The lowest BCUT2D eigenvalue weighted by molar-refractivity contribution is -0.119. The van der Waals surface area contributed by atoms with Crippen molar-refractivity contribution in [2.75, 3.05) is 26.4 Å². The molecule has 0 aliphatic heterocycles. The van der Waals surface area contributed by atoms with E-state index in [1.165, 1.54) is 11.8 Å². The van der Waals surface area contributed by atoms with E-state index >= 15 is 0 Å². The van der Waals surface area contributed by atoms with Crippen molar-refractivity contribution < 1.29 is 4.79 Å². The lowest BCUT2D eigenvalue weighted by Crippen LogP contribution is -2.41. The number of likely N-dealkylation sites (N-methyl/N-ethyl adjacent to an activating group) is 1. The van der Waals surface area contributed by atoms with Gasteiger partial charge in [-0.2, -0.15) is 4.98 Å². The van der Waals surface area contributed by atoms with Gasteiger partial charge < -0.3 is 10.2 Å². The summed E-state index contributed by atoms with van der Waals surface area (Å²) in [6, 6.07) is 0. The van der Waals surface area contributed by atoms with Crippen LogP contribution in [0.5, 0.6) is 0 Å². The van der Waals surface area contributed by atoms with Crippen LogP contribution < -0.4 is 11.0 Å². The van der Waals surface area contributed by atoms with Crippen LogP contribution in [0.15, 0.2) is 9.82 Å². The van der Waals surface area contributed by atoms with Gasteiger partial charge in [-0.15, -0.1) is 0 Å². The summed E-state index contributed by atoms with van der Waals surface area (Å²) >= 11 is 1.37. The molecule has 0 unspecified atom stereocenters. The second-order valence-corrected chi connectivity index (χ2v) is 8.48. The third-order valence-corrected chi connectivity index (χ3v) is 4.84. The summed E-state index contributed by atoms with van der Waals surface area (Å²) in [5, 5.41) is 3.67. The van der Waals surface area contributed by atoms with Crippen LogP contribution in [0.3, 0.4) is 0 Å². The highest BCUT2D eigenvalue weighted by atomic mass is 32.2. The molecule has 0 radical (unpaired) electrons. The predicted octanol–water partition coefficient (Wildman–Crippen LogP) is 1.30. The first-order valence-electron chi connectivity index (χ1n) is 8.38. The molecule has 0 fully saturated rings. The number of hydrogen-bond donors (Lipinski definition) is 1. The van der Waals surface area contributed by atoms with Crippen LogP contribution in [0.4, 0.5) is 0 Å². The summed E-state index contributed by atoms with van der Waals surface area (Å²) in [4.78, 5) is 30.7. The van der Waals surface area contributed by atoms with Crippen LogP contribution >= 0.6 is 11.8 Å². The van der Waals surface area contributed by atoms with E-state index in [0.717, 1.165) is 42.1 Å². The molecule has 0 saturated carbocycles. The molecule has 0 bridgehead atoms. The molecule has 6 nitrogen and oxygen atoms in total. The summed E-state index contributed by atoms with van der Waals surface area (Å²) in [6.07, 6.45) is 2.90. The van der Waals surface area contributed by atoms with E-state index in [0.29, 0.717) is 6.54 Å². The molecule has 2 rings (SSSR count). The number of thioether (sulfide) groups is 1. The fourth-order valence-electron chi connectivity index (χ4n) is 2.82. The van der Waals surface area contributed by atoms with E-state index in [1.807, 2.05) is 39.4 Å². The van der Waals surface area contributed by atoms with Crippen molar-refractivity contribution in [2.45, 2.75) is 57.1 Å². The average Bonchev–Trinajstić information content (AvgIpc) is 2.91. The molecule has 1 aliphatic rings. The molecule has 1 aliphatic carbocycles. The highest BCUT2D eigenvalue weighted by molar-refractivity contribution is 7.99. The Balaban J connectivity index is 2.15. The molecule has 1 aromatic rings. The molecule has 0 saturated heterocycles. The number of nitrogens with one attached hydrogen (secondary N) is 1. The predicted molar refractivity (Wildman–Crippen MR) is 97.7 cm³/mol. The van der Waals surface area contributed by atoms with Gasteiger partial charge in [0.2, 0.25) is 5.91 Å². The number of amides is 1. The quantitative estimate of drug-likeness (QED) is 0.617. The molecular formula is C17H28N4O2S. The van der Waals surface area contributed by atoms with Gasteiger partial charge in [0.15, 0.2) is 0 Å². The van der Waals surface area contributed by atoms with Crippen molar-refractivity contribution in [3.05, 3.63) is 21.7 Å². The van der Waals surface area contributed by atoms with Crippen LogP contribution in [0, 0.1) is 0 Å². The van der Waals surface area contributed by atoms with Gasteiger partial charge in [-0.25, -0.2) is 4.79 Å². The first kappa shape index (κ1) is 19.0. The van der Waals surface area contributed by atoms with Gasteiger partial charge in [-0.3, -0.25) is 9.36 Å². The first-order valence-corrected chi connectivity index (χ1v) is 9.37. The fourth-order valence-corrected chi connectivity index (χ4v) is 3.70. The van der Waals surface area contributed by atoms with Crippen molar-refractivity contribution in [3.63, 3.8) is 0 Å². The molecule has 1 amide bonds. The molecule has 134 valence electrons. The van der Waals surface area contributed by atoms with Crippen LogP contribution in [0.25, 0.3) is 0 Å². The Hall–Kier alpha value is -1.34. The summed E-state index contributed by atoms with van der Waals surface area (Å²) in [6.45, 7) is 7.34. The number of rotatable bonds is 6. The normalized spacial score (nSPS) is 14.1. The Morgan fingerprint density at radius 2 is 2.04 bits per heavy atom. The third-order valence-electron chi connectivity index (χ3n) is 3.83. The van der Waals surface area contributed by atoms with E-state index in [4.69, 9.17) is 0 Å². The minimum absolute atomic E-state index is 0.0298. The zero-order chi connectivity index (χ0) is 17.9. The zero-order valence-electron chi connectivity index (χ0n) is 15.3. The van der Waals surface area contributed by atoms with E-state index in [9.17, 15) is 9.59 Å². The van der Waals surface area contributed by atoms with Gasteiger partial charge in [0.25, 0.3) is 0 Å². The number of carbonyl (C=O) groups is 1. The highest BCUT2D eigenvalue weighted by Crippen LogP contribution is 2.29. The van der Waals surface area contributed by atoms with E-state index in [-0.39, 0.29) is 22.9 Å². The summed E-state index contributed by atoms with van der Waals surface area (Å²) in [5.41, 5.74) is 1.82. The smallest absolute Gasteiger partial charge is 0.348 e. The number of carbonyl (C=O) groups excluding carboxylic acids is 1. The van der Waals surface area contributed by atoms with E-state index < -0.39 is 0 Å². The van der Waals surface area contributed by atoms with Crippen LogP contribution in [-0.2, 0) is 24.2 Å². The van der Waals surface area contributed by atoms with Crippen LogP contribution in [0.1, 0.15) is 38.4 Å². The van der Waals surface area contributed by atoms with Gasteiger partial charge in [0.1, 0.15) is 5.03 Å². The number of fused-ring (bicyclic) bond motifs is 1. The van der Waals surface area contributed by atoms with Gasteiger partial charge in [-0.1, -0.05) is 11.8 Å². The van der Waals surface area contributed by atoms with Crippen molar-refractivity contribution in [1.82, 2.24) is 19.8 Å². The SMILES string of the molecule is CN(C)CCn1c2c(c(SCC(=O)NC(C)(C)C)nc1=O)CCC2. The molecule has 1 heterocycles. The monoisotopic (exact) mass is 352 g/mol. The Bertz CT molecular complexity index is 662. The van der Waals surface area contributed by atoms with E-state index in [1.54, 1.807) is 0 Å². The Morgan fingerprint density at radius 3 is 2.67 bits per heavy atom. The van der Waals surface area contributed by atoms with E-state index in [2.05, 4.69) is 15.2 Å². The van der Waals surface area contributed by atoms with Gasteiger partial charge in [0.05, 0.1) is 5.75 Å². The number of aromatic nitrogens is 2. The van der Waals surface area contributed by atoms with Crippen LogP contribution in [0.2, 0.25) is 0 Å². The maximum atomic E-state index is 12.4. The van der Waals surface area contributed by atoms with Crippen molar-refractivity contribution in [1.29, 1.82) is 0 Å². The Labute approximate surface area is 148 Å². The largest absolute Gasteiger partial charge is 0.351 e. The third kappa shape index (κ3) is 5.08. The summed E-state index contributed by atoms with van der Waals surface area (Å²) in [5.74, 6) is 0.260. The van der Waals surface area contributed by atoms with Crippen molar-refractivity contribution in [3.8, 4) is 0 Å². The minimum atomic E-state index is -0.247. The summed E-state index contributed by atoms with van der Waals surface area (Å²) < 4.78 is 1.81. The average molecular weight is 353 g/mol. The topological polar surface area (TPSA) is 67.2 Å². The number of hydrogen-bond acceptors (Lipinski definition) is 5. The van der Waals surface area contributed by atoms with Gasteiger partial charge in [-0.05, 0) is 54.1 Å². The standard InChI is InChI=1S/C17H28N4O2S/c1-17(2,3)19-14(22)11-24-15-12-7-6-8-13(12)21(16(23)18-15)10-9-20(4)5/h6-11H2,1-5H3,(H,19,22). The Kier molecular flexibility index (Phi) is 6.09. The molecule has 1 N–H and O–H groups in total.